The second-order valence-electron chi connectivity index (χ2n) is 4.45. The van der Waals surface area contributed by atoms with E-state index < -0.39 is 0 Å². The van der Waals surface area contributed by atoms with Crippen molar-refractivity contribution in [3.8, 4) is 11.5 Å². The maximum absolute atomic E-state index is 5.71. The lowest BCUT2D eigenvalue weighted by Crippen LogP contribution is -2.09. The maximum Gasteiger partial charge on any atom is 0.123 e. The average molecular weight is 336 g/mol. The molecule has 0 amide bonds. The summed E-state index contributed by atoms with van der Waals surface area (Å²) in [5, 5.41) is 0. The number of benzene rings is 2. The molecule has 2 N–H and O–H groups in total. The molecule has 2 rings (SSSR count). The van der Waals surface area contributed by atoms with Crippen LogP contribution in [0, 0.1) is 6.92 Å². The first-order valence-corrected chi connectivity index (χ1v) is 7.29. The molecule has 0 bridgehead atoms. The van der Waals surface area contributed by atoms with Gasteiger partial charge in [-0.05, 0) is 42.3 Å². The number of aryl methyl sites for hydroxylation is 1. The highest BCUT2D eigenvalue weighted by Crippen LogP contribution is 2.22. The lowest BCUT2D eigenvalue weighted by atomic mass is 10.2. The fraction of sp³-hybridized carbons (Fsp3) is 0.250. The smallest absolute Gasteiger partial charge is 0.123 e. The first-order chi connectivity index (χ1) is 9.69. The van der Waals surface area contributed by atoms with Gasteiger partial charge in [0.2, 0.25) is 0 Å². The van der Waals surface area contributed by atoms with Crippen LogP contribution in [0.2, 0.25) is 0 Å². The van der Waals surface area contributed by atoms with Gasteiger partial charge in [0.1, 0.15) is 24.7 Å². The van der Waals surface area contributed by atoms with E-state index in [-0.39, 0.29) is 0 Å². The molecule has 4 heteroatoms. The summed E-state index contributed by atoms with van der Waals surface area (Å²) in [6.45, 7) is 3.59. The molecule has 0 aromatic heterocycles. The molecule has 2 aromatic rings. The fourth-order valence-electron chi connectivity index (χ4n) is 1.76. The third-order valence-electron chi connectivity index (χ3n) is 2.92. The summed E-state index contributed by atoms with van der Waals surface area (Å²) < 4.78 is 12.3. The van der Waals surface area contributed by atoms with Gasteiger partial charge in [0.25, 0.3) is 0 Å². The zero-order valence-electron chi connectivity index (χ0n) is 11.4. The minimum absolute atomic E-state index is 0.508. The van der Waals surface area contributed by atoms with Crippen LogP contribution in [0.1, 0.15) is 11.1 Å². The van der Waals surface area contributed by atoms with Crippen molar-refractivity contribution in [3.05, 3.63) is 58.1 Å². The SMILES string of the molecule is Cc1ccc(Br)cc1OCCOc1ccc(CN)cc1. The summed E-state index contributed by atoms with van der Waals surface area (Å²) in [5.74, 6) is 1.71. The molecule has 106 valence electrons. The van der Waals surface area contributed by atoms with Crippen molar-refractivity contribution in [2.24, 2.45) is 5.73 Å². The number of hydrogen-bond acceptors (Lipinski definition) is 3. The van der Waals surface area contributed by atoms with E-state index in [9.17, 15) is 0 Å². The Balaban J connectivity index is 1.79. The van der Waals surface area contributed by atoms with Crippen molar-refractivity contribution in [1.82, 2.24) is 0 Å². The van der Waals surface area contributed by atoms with Gasteiger partial charge in [0.15, 0.2) is 0 Å². The molecule has 0 saturated heterocycles. The topological polar surface area (TPSA) is 44.5 Å². The Morgan fingerprint density at radius 1 is 1.00 bits per heavy atom. The van der Waals surface area contributed by atoms with Gasteiger partial charge < -0.3 is 15.2 Å². The van der Waals surface area contributed by atoms with Crippen LogP contribution in [-0.4, -0.2) is 13.2 Å². The van der Waals surface area contributed by atoms with Gasteiger partial charge in [-0.15, -0.1) is 0 Å². The van der Waals surface area contributed by atoms with Gasteiger partial charge in [-0.1, -0.05) is 34.1 Å². The maximum atomic E-state index is 5.71. The van der Waals surface area contributed by atoms with E-state index in [4.69, 9.17) is 15.2 Å². The Hall–Kier alpha value is -1.52. The lowest BCUT2D eigenvalue weighted by Gasteiger charge is -2.11. The highest BCUT2D eigenvalue weighted by Gasteiger charge is 2.01. The standard InChI is InChI=1S/C16H18BrNO2/c1-12-2-5-14(17)10-16(12)20-9-8-19-15-6-3-13(11-18)4-7-15/h2-7,10H,8-9,11,18H2,1H3. The molecule has 2 aromatic carbocycles. The zero-order valence-corrected chi connectivity index (χ0v) is 13.0. The molecule has 20 heavy (non-hydrogen) atoms. The summed E-state index contributed by atoms with van der Waals surface area (Å²) in [7, 11) is 0. The van der Waals surface area contributed by atoms with Crippen molar-refractivity contribution >= 4 is 15.9 Å². The van der Waals surface area contributed by atoms with Gasteiger partial charge in [-0.2, -0.15) is 0 Å². The van der Waals surface area contributed by atoms with Crippen molar-refractivity contribution in [2.45, 2.75) is 13.5 Å². The van der Waals surface area contributed by atoms with Crippen molar-refractivity contribution < 1.29 is 9.47 Å². The summed E-state index contributed by atoms with van der Waals surface area (Å²) in [4.78, 5) is 0. The number of hydrogen-bond donors (Lipinski definition) is 1. The highest BCUT2D eigenvalue weighted by molar-refractivity contribution is 9.10. The summed E-state index contributed by atoms with van der Waals surface area (Å²) in [5.41, 5.74) is 7.75. The molecule has 0 atom stereocenters. The summed E-state index contributed by atoms with van der Waals surface area (Å²) in [6, 6.07) is 13.8. The predicted octanol–water partition coefficient (Wildman–Crippen LogP) is 3.67. The Labute approximate surface area is 127 Å². The monoisotopic (exact) mass is 335 g/mol. The number of nitrogens with two attached hydrogens (primary N) is 1. The van der Waals surface area contributed by atoms with Crippen LogP contribution in [0.25, 0.3) is 0 Å². The van der Waals surface area contributed by atoms with Gasteiger partial charge in [-0.3, -0.25) is 0 Å². The molecule has 0 saturated carbocycles. The molecule has 0 heterocycles. The van der Waals surface area contributed by atoms with E-state index in [2.05, 4.69) is 15.9 Å². The first-order valence-electron chi connectivity index (χ1n) is 6.50. The molecular formula is C16H18BrNO2. The zero-order chi connectivity index (χ0) is 14.4. The van der Waals surface area contributed by atoms with E-state index in [1.165, 1.54) is 0 Å². The normalized spacial score (nSPS) is 10.3. The van der Waals surface area contributed by atoms with E-state index in [0.29, 0.717) is 19.8 Å². The van der Waals surface area contributed by atoms with E-state index in [0.717, 1.165) is 27.1 Å². The fourth-order valence-corrected chi connectivity index (χ4v) is 2.10. The van der Waals surface area contributed by atoms with Crippen LogP contribution in [0.3, 0.4) is 0 Å². The molecular weight excluding hydrogens is 318 g/mol. The second-order valence-corrected chi connectivity index (χ2v) is 5.37. The summed E-state index contributed by atoms with van der Waals surface area (Å²) in [6.07, 6.45) is 0. The van der Waals surface area contributed by atoms with Gasteiger partial charge >= 0.3 is 0 Å². The molecule has 0 radical (unpaired) electrons. The van der Waals surface area contributed by atoms with Crippen molar-refractivity contribution in [3.63, 3.8) is 0 Å². The van der Waals surface area contributed by atoms with Crippen LogP contribution in [0.4, 0.5) is 0 Å². The van der Waals surface area contributed by atoms with Crippen LogP contribution in [0.15, 0.2) is 46.9 Å². The van der Waals surface area contributed by atoms with E-state index >= 15 is 0 Å². The second kappa shape index (κ2) is 7.31. The third kappa shape index (κ3) is 4.25. The predicted molar refractivity (Wildman–Crippen MR) is 84.2 cm³/mol. The number of ether oxygens (including phenoxy) is 2. The molecule has 0 unspecified atom stereocenters. The van der Waals surface area contributed by atoms with Crippen molar-refractivity contribution in [2.75, 3.05) is 13.2 Å². The molecule has 0 aliphatic carbocycles. The molecule has 3 nitrogen and oxygen atoms in total. The molecule has 0 fully saturated rings. The lowest BCUT2D eigenvalue weighted by molar-refractivity contribution is 0.216. The Bertz CT molecular complexity index is 555. The van der Waals surface area contributed by atoms with E-state index in [1.54, 1.807) is 0 Å². The molecule has 0 aliphatic rings. The largest absolute Gasteiger partial charge is 0.490 e. The Morgan fingerprint density at radius 3 is 2.40 bits per heavy atom. The average Bonchev–Trinajstić information content (AvgIpc) is 2.47. The van der Waals surface area contributed by atoms with Crippen LogP contribution in [-0.2, 0) is 6.54 Å². The Kier molecular flexibility index (Phi) is 5.44. The van der Waals surface area contributed by atoms with Crippen LogP contribution < -0.4 is 15.2 Å². The number of rotatable bonds is 6. The van der Waals surface area contributed by atoms with Gasteiger partial charge in [0.05, 0.1) is 0 Å². The summed E-state index contributed by atoms with van der Waals surface area (Å²) >= 11 is 3.43. The van der Waals surface area contributed by atoms with Gasteiger partial charge in [-0.25, -0.2) is 0 Å². The van der Waals surface area contributed by atoms with Gasteiger partial charge in [0, 0.05) is 11.0 Å². The molecule has 0 spiro atoms. The number of halogens is 1. The minimum Gasteiger partial charge on any atom is -0.490 e. The van der Waals surface area contributed by atoms with Crippen LogP contribution in [0.5, 0.6) is 11.5 Å². The quantitative estimate of drug-likeness (QED) is 0.819. The van der Waals surface area contributed by atoms with E-state index in [1.807, 2.05) is 49.4 Å². The van der Waals surface area contributed by atoms with Crippen LogP contribution >= 0.6 is 15.9 Å². The first kappa shape index (κ1) is 14.9. The molecule has 0 aliphatic heterocycles. The Morgan fingerprint density at radius 2 is 1.70 bits per heavy atom. The highest BCUT2D eigenvalue weighted by atomic mass is 79.9. The minimum atomic E-state index is 0.508. The third-order valence-corrected chi connectivity index (χ3v) is 3.41. The van der Waals surface area contributed by atoms with Crippen molar-refractivity contribution in [1.29, 1.82) is 0 Å².